The van der Waals surface area contributed by atoms with Crippen LogP contribution in [0.5, 0.6) is 5.88 Å². The van der Waals surface area contributed by atoms with Crippen molar-refractivity contribution in [2.24, 2.45) is 13.0 Å². The Labute approximate surface area is 293 Å². The Morgan fingerprint density at radius 3 is 2.66 bits per heavy atom. The van der Waals surface area contributed by atoms with Gasteiger partial charge in [-0.3, -0.25) is 14.3 Å². The summed E-state index contributed by atoms with van der Waals surface area (Å²) >= 11 is 1.44. The van der Waals surface area contributed by atoms with Crippen LogP contribution in [0.15, 0.2) is 35.9 Å². The normalized spacial score (nSPS) is 28.2. The van der Waals surface area contributed by atoms with Crippen molar-refractivity contribution < 1.29 is 33.4 Å². The van der Waals surface area contributed by atoms with E-state index in [1.807, 2.05) is 29.7 Å². The van der Waals surface area contributed by atoms with Crippen LogP contribution < -0.4 is 15.4 Å². The zero-order chi connectivity index (χ0) is 34.8. The van der Waals surface area contributed by atoms with Crippen LogP contribution in [0.25, 0.3) is 21.7 Å². The van der Waals surface area contributed by atoms with Gasteiger partial charge < -0.3 is 29.7 Å². The molecule has 3 fully saturated rings. The number of methoxy groups -OCH3 is 1. The number of fused-ring (bicyclic) bond motifs is 3. The van der Waals surface area contributed by atoms with E-state index in [1.165, 1.54) is 23.3 Å². The predicted molar refractivity (Wildman–Crippen MR) is 183 cm³/mol. The third kappa shape index (κ3) is 6.92. The highest BCUT2D eigenvalue weighted by Gasteiger charge is 2.62. The van der Waals surface area contributed by atoms with Gasteiger partial charge >= 0.3 is 12.1 Å². The van der Waals surface area contributed by atoms with Gasteiger partial charge in [-0.1, -0.05) is 25.0 Å². The van der Waals surface area contributed by atoms with Gasteiger partial charge in [0.15, 0.2) is 5.82 Å². The molecular weight excluding hydrogens is 662 g/mol. The van der Waals surface area contributed by atoms with E-state index in [0.29, 0.717) is 42.2 Å². The van der Waals surface area contributed by atoms with Gasteiger partial charge in [0.05, 0.1) is 19.2 Å². The second-order valence-corrected chi connectivity index (χ2v) is 14.6. The molecule has 2 saturated carbocycles. The molecular formula is C35H43N7O7S. The molecule has 0 aromatic carbocycles. The molecule has 14 nitrogen and oxygen atoms in total. The Hall–Kier alpha value is -4.53. The minimum Gasteiger partial charge on any atom is -0.471 e. The van der Waals surface area contributed by atoms with E-state index < -0.39 is 47.6 Å². The number of ether oxygens (including phenoxy) is 3. The van der Waals surface area contributed by atoms with Crippen molar-refractivity contribution in [1.82, 2.24) is 35.3 Å². The first kappa shape index (κ1) is 33.9. The molecule has 2 aliphatic carbocycles. The zero-order valence-corrected chi connectivity index (χ0v) is 29.2. The Balaban J connectivity index is 1.18. The number of hydrogen-bond donors (Lipinski definition) is 2. The molecule has 4 aliphatic rings. The quantitative estimate of drug-likeness (QED) is 0.282. The largest absolute Gasteiger partial charge is 0.471 e. The van der Waals surface area contributed by atoms with Gasteiger partial charge in [-0.05, 0) is 68.9 Å². The highest BCUT2D eigenvalue weighted by Crippen LogP contribution is 2.46. The summed E-state index contributed by atoms with van der Waals surface area (Å²) in [5, 5.41) is 12.0. The monoisotopic (exact) mass is 705 g/mol. The van der Waals surface area contributed by atoms with E-state index in [-0.39, 0.29) is 25.0 Å². The van der Waals surface area contributed by atoms with Crippen molar-refractivity contribution in [2.45, 2.75) is 100 Å². The number of allylic oxidation sites excluding steroid dienone is 1. The Kier molecular flexibility index (Phi) is 9.76. The molecule has 1 saturated heterocycles. The maximum atomic E-state index is 14.4. The smallest absolute Gasteiger partial charge is 0.408 e. The maximum Gasteiger partial charge on any atom is 0.408 e. The van der Waals surface area contributed by atoms with Gasteiger partial charge in [0, 0.05) is 25.6 Å². The van der Waals surface area contributed by atoms with Crippen LogP contribution in [0.3, 0.4) is 0 Å². The molecule has 0 spiro atoms. The number of carbonyl (C=O) groups excluding carboxylic acids is 4. The second kappa shape index (κ2) is 14.4. The number of esters is 1. The van der Waals surface area contributed by atoms with Crippen molar-refractivity contribution in [1.29, 1.82) is 0 Å². The summed E-state index contributed by atoms with van der Waals surface area (Å²) in [6, 6.07) is 1.82. The molecule has 0 bridgehead atoms. The van der Waals surface area contributed by atoms with E-state index in [1.54, 1.807) is 17.9 Å². The summed E-state index contributed by atoms with van der Waals surface area (Å²) in [5.41, 5.74) is 0.207. The maximum absolute atomic E-state index is 14.4. The Morgan fingerprint density at radius 2 is 1.88 bits per heavy atom. The number of thiophene rings is 1. The molecule has 15 heteroatoms. The summed E-state index contributed by atoms with van der Waals surface area (Å²) in [5.74, 6) is -0.828. The van der Waals surface area contributed by atoms with E-state index in [0.717, 1.165) is 49.6 Å². The molecule has 7 rings (SSSR count). The molecule has 2 N–H and O–H groups in total. The highest BCUT2D eigenvalue weighted by atomic mass is 32.1. The van der Waals surface area contributed by atoms with Crippen molar-refractivity contribution in [3.63, 3.8) is 0 Å². The molecule has 266 valence electrons. The topological polar surface area (TPSA) is 167 Å². The summed E-state index contributed by atoms with van der Waals surface area (Å²) in [4.78, 5) is 65.7. The van der Waals surface area contributed by atoms with E-state index in [2.05, 4.69) is 15.7 Å². The first-order chi connectivity index (χ1) is 24.3. The van der Waals surface area contributed by atoms with Crippen LogP contribution in [0, 0.1) is 5.92 Å². The standard InChI is InChI=1S/C35H43N7O7S/c1-41-26(14-16-36-41)29-37-24-15-17-50-28(24)31(39-29)48-23-18-27-30(43)40-35(33(45)47-2)19-21(35)10-6-4-3-5-7-13-25(32(44)42(27)20-23)38-34(46)49-22-11-8-9-12-22/h6,10,14-17,21-23,25,27H,3-5,7-9,11-13,18-20H2,1-2H3,(H,38,46)(H,40,43)/b10-6-/t21-,23-,25+,27+,35-/m1/s1. The SMILES string of the molecule is COC(=O)[C@@]12C[C@H]1/C=C\CCCCC[C@H](NC(=O)OC1CCCC1)C(=O)N1C[C@H](Oc3nc(-c4ccnn4C)nc4ccsc34)C[C@H]1C(=O)N2. The van der Waals surface area contributed by atoms with Gasteiger partial charge in [-0.15, -0.1) is 11.3 Å². The molecule has 0 radical (unpaired) electrons. The molecule has 3 aromatic heterocycles. The number of nitrogens with one attached hydrogen (secondary N) is 2. The molecule has 3 aromatic rings. The molecule has 3 amide bonds. The molecule has 50 heavy (non-hydrogen) atoms. The molecule has 0 unspecified atom stereocenters. The first-order valence-corrected chi connectivity index (χ1v) is 18.4. The molecule has 5 atom stereocenters. The number of hydrogen-bond acceptors (Lipinski definition) is 11. The number of aryl methyl sites for hydroxylation is 1. The summed E-state index contributed by atoms with van der Waals surface area (Å²) in [6.07, 6.45) is 12.1. The fraction of sp³-hybridized carbons (Fsp3) is 0.571. The van der Waals surface area contributed by atoms with E-state index in [9.17, 15) is 19.2 Å². The van der Waals surface area contributed by atoms with Gasteiger partial charge in [0.25, 0.3) is 0 Å². The zero-order valence-electron chi connectivity index (χ0n) is 28.3. The van der Waals surface area contributed by atoms with Crippen LogP contribution in [-0.4, -0.2) is 92.0 Å². The molecule has 2 aliphatic heterocycles. The van der Waals surface area contributed by atoms with Gasteiger partial charge in [0.1, 0.15) is 40.2 Å². The van der Waals surface area contributed by atoms with Gasteiger partial charge in [-0.2, -0.15) is 10.1 Å². The summed E-state index contributed by atoms with van der Waals surface area (Å²) in [6.45, 7) is 0.0687. The molecule has 5 heterocycles. The fourth-order valence-electron chi connectivity index (χ4n) is 7.43. The Bertz CT molecular complexity index is 1790. The minimum atomic E-state index is -1.20. The van der Waals surface area contributed by atoms with Gasteiger partial charge in [-0.25, -0.2) is 14.6 Å². The average molecular weight is 706 g/mol. The second-order valence-electron chi connectivity index (χ2n) is 13.6. The number of carbonyl (C=O) groups is 4. The van der Waals surface area contributed by atoms with Crippen LogP contribution in [-0.2, 0) is 30.9 Å². The lowest BCUT2D eigenvalue weighted by atomic mass is 10.0. The lowest BCUT2D eigenvalue weighted by Crippen LogP contribution is -2.56. The van der Waals surface area contributed by atoms with Gasteiger partial charge in [0.2, 0.25) is 17.7 Å². The number of nitrogens with zero attached hydrogens (tertiary/aromatic N) is 5. The van der Waals surface area contributed by atoms with Crippen LogP contribution in [0.2, 0.25) is 0 Å². The Morgan fingerprint density at radius 1 is 1.06 bits per heavy atom. The third-order valence-corrected chi connectivity index (χ3v) is 11.1. The lowest BCUT2D eigenvalue weighted by molar-refractivity contribution is -0.148. The van der Waals surface area contributed by atoms with Crippen molar-refractivity contribution >= 4 is 45.4 Å². The van der Waals surface area contributed by atoms with Crippen molar-refractivity contribution in [3.8, 4) is 17.4 Å². The van der Waals surface area contributed by atoms with E-state index in [4.69, 9.17) is 24.2 Å². The van der Waals surface area contributed by atoms with Crippen LogP contribution in [0.4, 0.5) is 4.79 Å². The summed E-state index contributed by atoms with van der Waals surface area (Å²) < 4.78 is 19.8. The predicted octanol–water partition coefficient (Wildman–Crippen LogP) is 4.05. The minimum absolute atomic E-state index is 0.0687. The highest BCUT2D eigenvalue weighted by molar-refractivity contribution is 7.17. The van der Waals surface area contributed by atoms with Crippen molar-refractivity contribution in [3.05, 3.63) is 35.9 Å². The van der Waals surface area contributed by atoms with E-state index >= 15 is 0 Å². The van der Waals surface area contributed by atoms with Crippen LogP contribution >= 0.6 is 11.3 Å². The number of alkyl carbamates (subject to hydrolysis) is 1. The van der Waals surface area contributed by atoms with Crippen LogP contribution in [0.1, 0.15) is 70.6 Å². The average Bonchev–Trinajstić information content (AvgIpc) is 3.71. The fourth-order valence-corrected chi connectivity index (χ4v) is 8.19. The number of amides is 3. The first-order valence-electron chi connectivity index (χ1n) is 17.5. The van der Waals surface area contributed by atoms with Crippen molar-refractivity contribution in [2.75, 3.05) is 13.7 Å². The number of aromatic nitrogens is 4. The summed E-state index contributed by atoms with van der Waals surface area (Å²) in [7, 11) is 3.11. The lowest BCUT2D eigenvalue weighted by Gasteiger charge is -2.29. The third-order valence-electron chi connectivity index (χ3n) is 10.3. The number of rotatable bonds is 6.